The number of nitrogen functional groups attached to an aromatic ring is 1. The Bertz CT molecular complexity index is 731. The summed E-state index contributed by atoms with van der Waals surface area (Å²) in [5.74, 6) is 2.24. The van der Waals surface area contributed by atoms with Crippen LogP contribution in [0.15, 0.2) is 28.7 Å². The van der Waals surface area contributed by atoms with E-state index in [1.165, 1.54) is 6.42 Å². The van der Waals surface area contributed by atoms with E-state index in [1.807, 2.05) is 28.9 Å². The fourth-order valence-electron chi connectivity index (χ4n) is 3.53. The van der Waals surface area contributed by atoms with Gasteiger partial charge in [0.15, 0.2) is 0 Å². The Kier molecular flexibility index (Phi) is 2.83. The first-order valence-corrected chi connectivity index (χ1v) is 8.00. The number of nitriles is 1. The van der Waals surface area contributed by atoms with Crippen molar-refractivity contribution in [1.29, 1.82) is 5.26 Å². The summed E-state index contributed by atoms with van der Waals surface area (Å²) in [6.45, 7) is 0. The molecule has 0 bridgehead atoms. The molecule has 2 aliphatic carbocycles. The van der Waals surface area contributed by atoms with Gasteiger partial charge in [-0.2, -0.15) is 10.4 Å². The number of rotatable bonds is 2. The van der Waals surface area contributed by atoms with Gasteiger partial charge in [-0.1, -0.05) is 28.1 Å². The van der Waals surface area contributed by atoms with Crippen LogP contribution in [-0.2, 0) is 0 Å². The van der Waals surface area contributed by atoms with E-state index in [-0.39, 0.29) is 0 Å². The molecule has 106 valence electrons. The van der Waals surface area contributed by atoms with Gasteiger partial charge in [-0.25, -0.2) is 4.68 Å². The zero-order valence-corrected chi connectivity index (χ0v) is 13.0. The van der Waals surface area contributed by atoms with Crippen LogP contribution < -0.4 is 5.73 Å². The Balaban J connectivity index is 1.77. The number of hydrogen-bond acceptors (Lipinski definition) is 3. The standard InChI is InChI=1S/C16H15BrN4/c17-12-3-1-9(2-4-12)15-14(8-18)16(19)21(20-15)13-6-10-5-11(10)7-13/h1-4,10-11,13H,5-7,19H2. The van der Waals surface area contributed by atoms with Crippen LogP contribution in [0.1, 0.15) is 30.9 Å². The highest BCUT2D eigenvalue weighted by molar-refractivity contribution is 9.10. The van der Waals surface area contributed by atoms with Crippen molar-refractivity contribution in [1.82, 2.24) is 9.78 Å². The van der Waals surface area contributed by atoms with Crippen LogP contribution in [0.5, 0.6) is 0 Å². The third-order valence-corrected chi connectivity index (χ3v) is 5.27. The van der Waals surface area contributed by atoms with Gasteiger partial charge in [0, 0.05) is 10.0 Å². The van der Waals surface area contributed by atoms with Gasteiger partial charge in [0.25, 0.3) is 0 Å². The predicted molar refractivity (Wildman–Crippen MR) is 84.4 cm³/mol. The average Bonchev–Trinajstić information content (AvgIpc) is 2.95. The zero-order chi connectivity index (χ0) is 14.6. The van der Waals surface area contributed by atoms with Gasteiger partial charge in [0.05, 0.1) is 6.04 Å². The highest BCUT2D eigenvalue weighted by Crippen LogP contribution is 2.56. The predicted octanol–water partition coefficient (Wildman–Crippen LogP) is 3.74. The molecule has 2 aromatic rings. The summed E-state index contributed by atoms with van der Waals surface area (Å²) >= 11 is 3.42. The fraction of sp³-hybridized carbons (Fsp3) is 0.375. The topological polar surface area (TPSA) is 67.6 Å². The van der Waals surface area contributed by atoms with Gasteiger partial charge >= 0.3 is 0 Å². The number of fused-ring (bicyclic) bond motifs is 1. The smallest absolute Gasteiger partial charge is 0.140 e. The zero-order valence-electron chi connectivity index (χ0n) is 11.5. The van der Waals surface area contributed by atoms with Crippen molar-refractivity contribution in [2.24, 2.45) is 11.8 Å². The summed E-state index contributed by atoms with van der Waals surface area (Å²) in [7, 11) is 0. The second kappa shape index (κ2) is 4.60. The number of halogens is 1. The van der Waals surface area contributed by atoms with Gasteiger partial charge in [0.2, 0.25) is 0 Å². The van der Waals surface area contributed by atoms with Crippen LogP contribution in [0.2, 0.25) is 0 Å². The van der Waals surface area contributed by atoms with E-state index in [1.54, 1.807) is 0 Å². The van der Waals surface area contributed by atoms with Gasteiger partial charge in [-0.15, -0.1) is 0 Å². The summed E-state index contributed by atoms with van der Waals surface area (Å²) in [4.78, 5) is 0. The van der Waals surface area contributed by atoms with Gasteiger partial charge in [-0.3, -0.25) is 0 Å². The minimum absolute atomic E-state index is 0.366. The Morgan fingerprint density at radius 3 is 2.48 bits per heavy atom. The normalized spacial score (nSPS) is 26.4. The van der Waals surface area contributed by atoms with Crippen molar-refractivity contribution in [3.8, 4) is 17.3 Å². The molecular formula is C16H15BrN4. The molecule has 2 N–H and O–H groups in total. The van der Waals surface area contributed by atoms with Crippen molar-refractivity contribution < 1.29 is 0 Å². The Labute approximate surface area is 131 Å². The van der Waals surface area contributed by atoms with Crippen LogP contribution in [0, 0.1) is 23.2 Å². The quantitative estimate of drug-likeness (QED) is 0.903. The van der Waals surface area contributed by atoms with Gasteiger partial charge in [-0.05, 0) is 43.2 Å². The summed E-state index contributed by atoms with van der Waals surface area (Å²) in [6, 6.07) is 10.4. The van der Waals surface area contributed by atoms with Gasteiger partial charge in [0.1, 0.15) is 23.1 Å². The lowest BCUT2D eigenvalue weighted by Gasteiger charge is -2.13. The third kappa shape index (κ3) is 2.06. The molecule has 0 aliphatic heterocycles. The molecule has 2 atom stereocenters. The molecule has 1 aromatic heterocycles. The van der Waals surface area contributed by atoms with E-state index in [4.69, 9.17) is 5.73 Å². The first-order chi connectivity index (χ1) is 10.2. The van der Waals surface area contributed by atoms with Crippen LogP contribution in [0.25, 0.3) is 11.3 Å². The molecule has 2 aliphatic rings. The molecule has 1 aromatic carbocycles. The molecule has 4 nitrogen and oxygen atoms in total. The number of anilines is 1. The maximum atomic E-state index is 9.44. The number of nitrogens with zero attached hydrogens (tertiary/aromatic N) is 3. The summed E-state index contributed by atoms with van der Waals surface area (Å²) in [5.41, 5.74) is 8.32. The number of nitrogens with two attached hydrogens (primary N) is 1. The molecule has 21 heavy (non-hydrogen) atoms. The lowest BCUT2D eigenvalue weighted by atomic mass is 10.1. The first-order valence-electron chi connectivity index (χ1n) is 7.21. The van der Waals surface area contributed by atoms with E-state index in [9.17, 15) is 5.26 Å². The molecule has 5 heteroatoms. The van der Waals surface area contributed by atoms with E-state index in [0.717, 1.165) is 34.7 Å². The summed E-state index contributed by atoms with van der Waals surface area (Å²) < 4.78 is 2.90. The molecule has 0 radical (unpaired) electrons. The van der Waals surface area contributed by atoms with Crippen molar-refractivity contribution in [3.05, 3.63) is 34.3 Å². The number of aromatic nitrogens is 2. The molecular weight excluding hydrogens is 328 g/mol. The lowest BCUT2D eigenvalue weighted by Crippen LogP contribution is -2.12. The molecule has 0 spiro atoms. The Morgan fingerprint density at radius 1 is 1.19 bits per heavy atom. The van der Waals surface area contributed by atoms with Crippen molar-refractivity contribution in [2.75, 3.05) is 5.73 Å². The third-order valence-electron chi connectivity index (χ3n) is 4.74. The van der Waals surface area contributed by atoms with Crippen LogP contribution in [0.4, 0.5) is 5.82 Å². The minimum atomic E-state index is 0.366. The first kappa shape index (κ1) is 12.9. The van der Waals surface area contributed by atoms with Crippen LogP contribution >= 0.6 is 15.9 Å². The molecule has 2 saturated carbocycles. The molecule has 2 unspecified atom stereocenters. The molecule has 4 rings (SSSR count). The highest BCUT2D eigenvalue weighted by atomic mass is 79.9. The maximum Gasteiger partial charge on any atom is 0.140 e. The van der Waals surface area contributed by atoms with E-state index >= 15 is 0 Å². The lowest BCUT2D eigenvalue weighted by molar-refractivity contribution is 0.433. The fourth-order valence-corrected chi connectivity index (χ4v) is 3.79. The monoisotopic (exact) mass is 342 g/mol. The van der Waals surface area contributed by atoms with Crippen molar-refractivity contribution in [2.45, 2.75) is 25.3 Å². The summed E-state index contributed by atoms with van der Waals surface area (Å²) in [5, 5.41) is 14.1. The number of benzene rings is 1. The molecule has 0 amide bonds. The van der Waals surface area contributed by atoms with E-state index < -0.39 is 0 Å². The van der Waals surface area contributed by atoms with Crippen LogP contribution in [0.3, 0.4) is 0 Å². The molecule has 1 heterocycles. The largest absolute Gasteiger partial charge is 0.383 e. The van der Waals surface area contributed by atoms with E-state index in [0.29, 0.717) is 23.1 Å². The van der Waals surface area contributed by atoms with Crippen LogP contribution in [-0.4, -0.2) is 9.78 Å². The van der Waals surface area contributed by atoms with Crippen molar-refractivity contribution in [3.63, 3.8) is 0 Å². The Hall–Kier alpha value is -1.80. The maximum absolute atomic E-state index is 9.44. The highest BCUT2D eigenvalue weighted by Gasteiger charge is 2.47. The molecule has 2 fully saturated rings. The average molecular weight is 343 g/mol. The Morgan fingerprint density at radius 2 is 1.86 bits per heavy atom. The number of hydrogen-bond donors (Lipinski definition) is 1. The second-order valence-corrected chi connectivity index (χ2v) is 6.97. The molecule has 0 saturated heterocycles. The minimum Gasteiger partial charge on any atom is -0.383 e. The van der Waals surface area contributed by atoms with Gasteiger partial charge < -0.3 is 5.73 Å². The van der Waals surface area contributed by atoms with Crippen molar-refractivity contribution >= 4 is 21.7 Å². The summed E-state index contributed by atoms with van der Waals surface area (Å²) in [6.07, 6.45) is 3.67. The SMILES string of the molecule is N#Cc1c(-c2ccc(Br)cc2)nn(C2CC3CC3C2)c1N. The second-order valence-electron chi connectivity index (χ2n) is 6.05. The van der Waals surface area contributed by atoms with E-state index in [2.05, 4.69) is 27.1 Å².